The lowest BCUT2D eigenvalue weighted by Gasteiger charge is -2.32. The Morgan fingerprint density at radius 2 is 2.14 bits per heavy atom. The maximum absolute atomic E-state index is 12.3. The molecule has 9 heteroatoms. The predicted octanol–water partition coefficient (Wildman–Crippen LogP) is 0.362. The highest BCUT2D eigenvalue weighted by atomic mass is 16.6. The number of amides is 1. The van der Waals surface area contributed by atoms with Crippen LogP contribution in [0.1, 0.15) is 29.6 Å². The Kier molecular flexibility index (Phi) is 4.01. The fourth-order valence-corrected chi connectivity index (χ4v) is 2.32. The first-order valence-corrected chi connectivity index (χ1v) is 6.32. The Labute approximate surface area is 118 Å². The van der Waals surface area contributed by atoms with E-state index in [1.807, 2.05) is 0 Å². The third-order valence-corrected chi connectivity index (χ3v) is 3.38. The second-order valence-electron chi connectivity index (χ2n) is 4.71. The fraction of sp³-hybridized carbons (Fsp3) is 0.417. The van der Waals surface area contributed by atoms with E-state index in [1.54, 1.807) is 0 Å². The van der Waals surface area contributed by atoms with Gasteiger partial charge in [-0.15, -0.1) is 0 Å². The highest BCUT2D eigenvalue weighted by Crippen LogP contribution is 2.20. The Morgan fingerprint density at radius 1 is 1.43 bits per heavy atom. The van der Waals surface area contributed by atoms with Gasteiger partial charge < -0.3 is 15.0 Å². The van der Waals surface area contributed by atoms with E-state index in [0.29, 0.717) is 19.3 Å². The van der Waals surface area contributed by atoms with Gasteiger partial charge in [-0.3, -0.25) is 19.7 Å². The number of carbonyl (C=O) groups excluding carboxylic acids is 1. The molecule has 0 saturated carbocycles. The van der Waals surface area contributed by atoms with Crippen molar-refractivity contribution in [2.45, 2.75) is 25.3 Å². The zero-order valence-corrected chi connectivity index (χ0v) is 10.9. The van der Waals surface area contributed by atoms with E-state index in [4.69, 9.17) is 5.11 Å². The van der Waals surface area contributed by atoms with E-state index in [-0.39, 0.29) is 6.54 Å². The zero-order chi connectivity index (χ0) is 15.6. The van der Waals surface area contributed by atoms with Crippen molar-refractivity contribution in [1.29, 1.82) is 0 Å². The van der Waals surface area contributed by atoms with Gasteiger partial charge in [0.2, 0.25) is 0 Å². The van der Waals surface area contributed by atoms with Crippen molar-refractivity contribution >= 4 is 17.6 Å². The van der Waals surface area contributed by atoms with Crippen molar-refractivity contribution in [3.63, 3.8) is 0 Å². The number of carboxylic acid groups (broad SMARTS) is 1. The van der Waals surface area contributed by atoms with Crippen LogP contribution in [-0.4, -0.2) is 44.4 Å². The van der Waals surface area contributed by atoms with Crippen molar-refractivity contribution in [1.82, 2.24) is 9.88 Å². The molecule has 0 spiro atoms. The van der Waals surface area contributed by atoms with E-state index in [2.05, 4.69) is 4.98 Å². The number of aliphatic carboxylic acids is 1. The smallest absolute Gasteiger partial charge is 0.326 e. The summed E-state index contributed by atoms with van der Waals surface area (Å²) in [5.74, 6) is -1.95. The van der Waals surface area contributed by atoms with Crippen molar-refractivity contribution in [3.8, 4) is 0 Å². The topological polar surface area (TPSA) is 134 Å². The molecule has 112 valence electrons. The highest BCUT2D eigenvalue weighted by molar-refractivity contribution is 5.96. The average Bonchev–Trinajstić information content (AvgIpc) is 2.46. The lowest BCUT2D eigenvalue weighted by Crippen LogP contribution is -2.49. The maximum atomic E-state index is 12.3. The summed E-state index contributed by atoms with van der Waals surface area (Å²) in [5, 5.41) is 19.8. The molecule has 21 heavy (non-hydrogen) atoms. The van der Waals surface area contributed by atoms with Crippen LogP contribution in [0.15, 0.2) is 17.1 Å². The number of nitro groups is 1. The van der Waals surface area contributed by atoms with Crippen LogP contribution in [0.3, 0.4) is 0 Å². The summed E-state index contributed by atoms with van der Waals surface area (Å²) in [6.45, 7) is 0.206. The van der Waals surface area contributed by atoms with Gasteiger partial charge in [0.05, 0.1) is 11.1 Å². The third-order valence-electron chi connectivity index (χ3n) is 3.38. The normalized spacial score (nSPS) is 18.3. The van der Waals surface area contributed by atoms with Crippen LogP contribution < -0.4 is 5.56 Å². The minimum absolute atomic E-state index is 0.206. The number of carbonyl (C=O) groups is 2. The van der Waals surface area contributed by atoms with Gasteiger partial charge in [-0.1, -0.05) is 0 Å². The standard InChI is InChI=1S/C12H13N3O6/c16-10-8(5-7(6-13-10)15(20)21)11(17)14-4-2-1-3-9(14)12(18)19/h5-6,9H,1-4H2,(H,13,16)(H,18,19)/t9-/m1/s1. The molecule has 1 aliphatic rings. The van der Waals surface area contributed by atoms with Crippen LogP contribution in [0.2, 0.25) is 0 Å². The molecule has 0 aliphatic carbocycles. The molecule has 0 bridgehead atoms. The van der Waals surface area contributed by atoms with Gasteiger partial charge >= 0.3 is 5.97 Å². The number of H-pyrrole nitrogens is 1. The van der Waals surface area contributed by atoms with E-state index in [0.717, 1.165) is 17.2 Å². The van der Waals surface area contributed by atoms with Crippen molar-refractivity contribution in [2.75, 3.05) is 6.54 Å². The quantitative estimate of drug-likeness (QED) is 0.611. The van der Waals surface area contributed by atoms with Crippen LogP contribution in [0.25, 0.3) is 0 Å². The Bertz CT molecular complexity index is 653. The van der Waals surface area contributed by atoms with Crippen LogP contribution in [-0.2, 0) is 4.79 Å². The average molecular weight is 295 g/mol. The maximum Gasteiger partial charge on any atom is 0.326 e. The van der Waals surface area contributed by atoms with Crippen LogP contribution in [0, 0.1) is 10.1 Å². The number of carboxylic acids is 1. The van der Waals surface area contributed by atoms with Gasteiger partial charge in [-0.25, -0.2) is 4.79 Å². The molecule has 1 aromatic rings. The minimum Gasteiger partial charge on any atom is -0.480 e. The highest BCUT2D eigenvalue weighted by Gasteiger charge is 2.33. The van der Waals surface area contributed by atoms with E-state index >= 15 is 0 Å². The summed E-state index contributed by atoms with van der Waals surface area (Å²) in [6.07, 6.45) is 2.49. The molecule has 0 radical (unpaired) electrons. The van der Waals surface area contributed by atoms with Gasteiger partial charge in [0.25, 0.3) is 17.2 Å². The number of piperidine rings is 1. The largest absolute Gasteiger partial charge is 0.480 e. The number of likely N-dealkylation sites (tertiary alicyclic amines) is 1. The number of nitrogens with zero attached hydrogens (tertiary/aromatic N) is 2. The molecule has 0 aromatic carbocycles. The second-order valence-corrected chi connectivity index (χ2v) is 4.71. The molecule has 9 nitrogen and oxygen atoms in total. The molecular weight excluding hydrogens is 282 g/mol. The van der Waals surface area contributed by atoms with Crippen LogP contribution in [0.4, 0.5) is 5.69 Å². The molecule has 1 amide bonds. The fourth-order valence-electron chi connectivity index (χ4n) is 2.32. The number of aromatic nitrogens is 1. The summed E-state index contributed by atoms with van der Waals surface area (Å²) < 4.78 is 0. The second kappa shape index (κ2) is 5.73. The third kappa shape index (κ3) is 2.91. The number of pyridine rings is 1. The lowest BCUT2D eigenvalue weighted by atomic mass is 10.0. The van der Waals surface area contributed by atoms with Gasteiger partial charge in [-0.2, -0.15) is 0 Å². The number of nitrogens with one attached hydrogen (secondary N) is 1. The number of aromatic amines is 1. The number of hydrogen-bond acceptors (Lipinski definition) is 5. The van der Waals surface area contributed by atoms with E-state index in [9.17, 15) is 24.5 Å². The Morgan fingerprint density at radius 3 is 2.76 bits per heavy atom. The lowest BCUT2D eigenvalue weighted by molar-refractivity contribution is -0.385. The molecule has 1 atom stereocenters. The van der Waals surface area contributed by atoms with E-state index in [1.165, 1.54) is 0 Å². The van der Waals surface area contributed by atoms with Crippen molar-refractivity contribution < 1.29 is 19.6 Å². The molecule has 1 aromatic heterocycles. The minimum atomic E-state index is -1.15. The zero-order valence-electron chi connectivity index (χ0n) is 10.9. The molecule has 2 N–H and O–H groups in total. The Balaban J connectivity index is 2.38. The molecule has 1 saturated heterocycles. The summed E-state index contributed by atoms with van der Waals surface area (Å²) in [5.41, 5.74) is -1.63. The molecule has 0 unspecified atom stereocenters. The van der Waals surface area contributed by atoms with Gasteiger partial charge in [0.15, 0.2) is 0 Å². The summed E-state index contributed by atoms with van der Waals surface area (Å²) in [4.78, 5) is 48.4. The molecular formula is C12H13N3O6. The van der Waals surface area contributed by atoms with E-state index < -0.39 is 39.7 Å². The molecule has 2 heterocycles. The first kappa shape index (κ1) is 14.7. The molecule has 2 rings (SSSR count). The summed E-state index contributed by atoms with van der Waals surface area (Å²) in [7, 11) is 0. The van der Waals surface area contributed by atoms with Crippen LogP contribution >= 0.6 is 0 Å². The van der Waals surface area contributed by atoms with Gasteiger partial charge in [0, 0.05) is 12.6 Å². The van der Waals surface area contributed by atoms with Gasteiger partial charge in [0.1, 0.15) is 11.6 Å². The predicted molar refractivity (Wildman–Crippen MR) is 70.0 cm³/mol. The number of rotatable bonds is 3. The Hall–Kier alpha value is -2.71. The van der Waals surface area contributed by atoms with Crippen molar-refractivity contribution in [3.05, 3.63) is 38.3 Å². The molecule has 1 fully saturated rings. The van der Waals surface area contributed by atoms with Crippen LogP contribution in [0.5, 0.6) is 0 Å². The number of hydrogen-bond donors (Lipinski definition) is 2. The van der Waals surface area contributed by atoms with Crippen molar-refractivity contribution in [2.24, 2.45) is 0 Å². The molecule has 1 aliphatic heterocycles. The first-order valence-electron chi connectivity index (χ1n) is 6.32. The summed E-state index contributed by atoms with van der Waals surface area (Å²) >= 11 is 0. The monoisotopic (exact) mass is 295 g/mol. The SMILES string of the molecule is O=C(O)[C@H]1CCCCN1C(=O)c1cc([N+](=O)[O-])c[nH]c1=O. The first-order chi connectivity index (χ1) is 9.91. The summed E-state index contributed by atoms with van der Waals surface area (Å²) in [6, 6.07) is -0.140. The van der Waals surface area contributed by atoms with Gasteiger partial charge in [-0.05, 0) is 19.3 Å².